The van der Waals surface area contributed by atoms with Crippen LogP contribution >= 0.6 is 24.0 Å². The summed E-state index contributed by atoms with van der Waals surface area (Å²) < 4.78 is 19.2. The third kappa shape index (κ3) is 10.5. The molecule has 0 saturated carbocycles. The molecule has 1 aromatic rings. The minimum Gasteiger partial charge on any atom is -0.444 e. The monoisotopic (exact) mass is 509 g/mol. The van der Waals surface area contributed by atoms with Crippen LogP contribution in [-0.4, -0.2) is 51.4 Å². The number of nitrogens with zero attached hydrogens (tertiary/aromatic N) is 2. The van der Waals surface area contributed by atoms with E-state index in [1.54, 1.807) is 25.1 Å². The normalized spacial score (nSPS) is 11.3. The highest BCUT2D eigenvalue weighted by atomic mass is 127. The van der Waals surface area contributed by atoms with Crippen LogP contribution in [-0.2, 0) is 11.3 Å². The first-order valence-electron chi connectivity index (χ1n) is 9.07. The minimum atomic E-state index is -0.523. The number of anilines is 1. The second-order valence-corrected chi connectivity index (χ2v) is 7.23. The van der Waals surface area contributed by atoms with Crippen molar-refractivity contribution < 1.29 is 13.9 Å². The van der Waals surface area contributed by atoms with Gasteiger partial charge in [0.05, 0.1) is 12.2 Å². The number of hydrogen-bond donors (Lipinski definition) is 3. The molecule has 0 heterocycles. The van der Waals surface area contributed by atoms with Gasteiger partial charge < -0.3 is 25.6 Å². The Bertz CT molecular complexity index is 648. The summed E-state index contributed by atoms with van der Waals surface area (Å²) in [5.74, 6) is 0.327. The molecular formula is C19H33FIN5O2. The molecule has 0 unspecified atom stereocenters. The molecule has 0 aliphatic heterocycles. The van der Waals surface area contributed by atoms with Crippen molar-refractivity contribution in [2.45, 2.75) is 39.8 Å². The molecule has 1 aromatic carbocycles. The van der Waals surface area contributed by atoms with Crippen molar-refractivity contribution in [2.75, 3.05) is 38.6 Å². The number of hydrogen-bond acceptors (Lipinski definition) is 4. The first-order valence-corrected chi connectivity index (χ1v) is 9.07. The van der Waals surface area contributed by atoms with Crippen LogP contribution < -0.4 is 20.9 Å². The Labute approximate surface area is 184 Å². The first kappa shape index (κ1) is 26.2. The smallest absolute Gasteiger partial charge is 0.407 e. The van der Waals surface area contributed by atoms with Gasteiger partial charge in [0.2, 0.25) is 0 Å². The molecular weight excluding hydrogens is 476 g/mol. The molecule has 0 spiro atoms. The fourth-order valence-electron chi connectivity index (χ4n) is 2.18. The quantitative estimate of drug-likeness (QED) is 0.228. The topological polar surface area (TPSA) is 78.0 Å². The van der Waals surface area contributed by atoms with E-state index in [1.807, 2.05) is 33.8 Å². The van der Waals surface area contributed by atoms with Crippen molar-refractivity contribution in [3.8, 4) is 0 Å². The van der Waals surface area contributed by atoms with Crippen LogP contribution in [0, 0.1) is 5.82 Å². The highest BCUT2D eigenvalue weighted by molar-refractivity contribution is 14.0. The summed E-state index contributed by atoms with van der Waals surface area (Å²) in [7, 11) is 3.60. The van der Waals surface area contributed by atoms with Gasteiger partial charge in [-0.05, 0) is 45.4 Å². The molecule has 0 aliphatic rings. The summed E-state index contributed by atoms with van der Waals surface area (Å²) in [5, 5.41) is 8.91. The highest BCUT2D eigenvalue weighted by Gasteiger charge is 2.15. The molecule has 160 valence electrons. The summed E-state index contributed by atoms with van der Waals surface area (Å²) in [6.45, 7) is 9.32. The maximum Gasteiger partial charge on any atom is 0.407 e. The lowest BCUT2D eigenvalue weighted by atomic mass is 10.2. The highest BCUT2D eigenvalue weighted by Crippen LogP contribution is 2.18. The Kier molecular flexibility index (Phi) is 11.8. The van der Waals surface area contributed by atoms with Crippen molar-refractivity contribution in [2.24, 2.45) is 4.99 Å². The number of ether oxygens (including phenoxy) is 1. The second kappa shape index (κ2) is 12.6. The first-order chi connectivity index (χ1) is 12.6. The van der Waals surface area contributed by atoms with Gasteiger partial charge in [0.1, 0.15) is 11.4 Å². The molecule has 0 atom stereocenters. The van der Waals surface area contributed by atoms with Gasteiger partial charge in [-0.25, -0.2) is 14.2 Å². The number of carbonyl (C=O) groups excluding carboxylic acids is 1. The standard InChI is InChI=1S/C19H32FN5O2.HI/c1-7-21-17(22-10-11-23-18(26)27-19(2,3)4)24-13-14-8-9-16(25(5)6)15(20)12-14;/h8-9,12H,7,10-11,13H2,1-6H3,(H,23,26)(H2,21,22,24);1H. The van der Waals surface area contributed by atoms with E-state index in [2.05, 4.69) is 20.9 Å². The summed E-state index contributed by atoms with van der Waals surface area (Å²) in [6, 6.07) is 5.09. The summed E-state index contributed by atoms with van der Waals surface area (Å²) >= 11 is 0. The van der Waals surface area contributed by atoms with E-state index in [1.165, 1.54) is 6.07 Å². The Morgan fingerprint density at radius 1 is 1.18 bits per heavy atom. The third-order valence-electron chi connectivity index (χ3n) is 3.34. The Morgan fingerprint density at radius 3 is 2.36 bits per heavy atom. The van der Waals surface area contributed by atoms with E-state index >= 15 is 0 Å². The van der Waals surface area contributed by atoms with Gasteiger partial charge in [-0.15, -0.1) is 24.0 Å². The van der Waals surface area contributed by atoms with Gasteiger partial charge in [0, 0.05) is 33.7 Å². The van der Waals surface area contributed by atoms with Crippen molar-refractivity contribution >= 4 is 41.7 Å². The largest absolute Gasteiger partial charge is 0.444 e. The van der Waals surface area contributed by atoms with Crippen LogP contribution in [0.1, 0.15) is 33.3 Å². The van der Waals surface area contributed by atoms with Crippen LogP contribution in [0.5, 0.6) is 0 Å². The number of benzene rings is 1. The van der Waals surface area contributed by atoms with E-state index in [9.17, 15) is 9.18 Å². The SMILES string of the molecule is CCNC(=NCc1ccc(N(C)C)c(F)c1)NCCNC(=O)OC(C)(C)C.I. The summed E-state index contributed by atoms with van der Waals surface area (Å²) in [5.41, 5.74) is 0.800. The maximum absolute atomic E-state index is 14.0. The van der Waals surface area contributed by atoms with Crippen LogP contribution in [0.15, 0.2) is 23.2 Å². The van der Waals surface area contributed by atoms with Crippen molar-refractivity contribution in [3.05, 3.63) is 29.6 Å². The van der Waals surface area contributed by atoms with Gasteiger partial charge in [0.15, 0.2) is 5.96 Å². The van der Waals surface area contributed by atoms with E-state index in [0.29, 0.717) is 37.8 Å². The number of halogens is 2. The van der Waals surface area contributed by atoms with E-state index < -0.39 is 11.7 Å². The number of aliphatic imine (C=N–C) groups is 1. The third-order valence-corrected chi connectivity index (χ3v) is 3.34. The summed E-state index contributed by atoms with van der Waals surface area (Å²) in [6.07, 6.45) is -0.456. The zero-order valence-corrected chi connectivity index (χ0v) is 19.9. The molecule has 1 amide bonds. The number of amides is 1. The average Bonchev–Trinajstić information content (AvgIpc) is 2.54. The molecule has 7 nitrogen and oxygen atoms in total. The molecule has 28 heavy (non-hydrogen) atoms. The Balaban J connectivity index is 0.00000729. The van der Waals surface area contributed by atoms with Gasteiger partial charge in [0.25, 0.3) is 0 Å². The lowest BCUT2D eigenvalue weighted by Crippen LogP contribution is -2.42. The minimum absolute atomic E-state index is 0. The predicted octanol–water partition coefficient (Wildman–Crippen LogP) is 3.09. The van der Waals surface area contributed by atoms with Gasteiger partial charge in [-0.1, -0.05) is 6.07 Å². The maximum atomic E-state index is 14.0. The number of carbonyl (C=O) groups is 1. The molecule has 0 saturated heterocycles. The van der Waals surface area contributed by atoms with E-state index in [0.717, 1.165) is 5.56 Å². The van der Waals surface area contributed by atoms with Crippen molar-refractivity contribution in [1.29, 1.82) is 0 Å². The van der Waals surface area contributed by atoms with Gasteiger partial charge in [-0.3, -0.25) is 0 Å². The molecule has 9 heteroatoms. The lowest BCUT2D eigenvalue weighted by Gasteiger charge is -2.20. The summed E-state index contributed by atoms with van der Waals surface area (Å²) in [4.78, 5) is 17.8. The van der Waals surface area contributed by atoms with Crippen molar-refractivity contribution in [1.82, 2.24) is 16.0 Å². The van der Waals surface area contributed by atoms with Crippen LogP contribution in [0.2, 0.25) is 0 Å². The zero-order chi connectivity index (χ0) is 20.4. The van der Waals surface area contributed by atoms with Gasteiger partial charge >= 0.3 is 6.09 Å². The number of alkyl carbamates (subject to hydrolysis) is 1. The van der Waals surface area contributed by atoms with E-state index in [-0.39, 0.29) is 29.8 Å². The Hall–Kier alpha value is -1.78. The second-order valence-electron chi connectivity index (χ2n) is 7.23. The number of rotatable bonds is 7. The fraction of sp³-hybridized carbons (Fsp3) is 0.579. The van der Waals surface area contributed by atoms with Gasteiger partial charge in [-0.2, -0.15) is 0 Å². The molecule has 0 fully saturated rings. The number of nitrogens with one attached hydrogen (secondary N) is 3. The average molecular weight is 509 g/mol. The molecule has 3 N–H and O–H groups in total. The van der Waals surface area contributed by atoms with E-state index in [4.69, 9.17) is 4.74 Å². The van der Waals surface area contributed by atoms with Crippen molar-refractivity contribution in [3.63, 3.8) is 0 Å². The molecule has 0 aliphatic carbocycles. The Morgan fingerprint density at radius 2 is 1.82 bits per heavy atom. The predicted molar refractivity (Wildman–Crippen MR) is 123 cm³/mol. The molecule has 0 radical (unpaired) electrons. The molecule has 0 bridgehead atoms. The molecule has 1 rings (SSSR count). The lowest BCUT2D eigenvalue weighted by molar-refractivity contribution is 0.0529. The number of guanidine groups is 1. The van der Waals surface area contributed by atoms with Crippen LogP contribution in [0.3, 0.4) is 0 Å². The fourth-order valence-corrected chi connectivity index (χ4v) is 2.18. The zero-order valence-electron chi connectivity index (χ0n) is 17.6. The van der Waals surface area contributed by atoms with Crippen LogP contribution in [0.4, 0.5) is 14.9 Å². The van der Waals surface area contributed by atoms with Crippen LogP contribution in [0.25, 0.3) is 0 Å². The molecule has 0 aromatic heterocycles.